The molecule has 2 aromatic heterocycles. The van der Waals surface area contributed by atoms with Gasteiger partial charge in [0.25, 0.3) is 0 Å². The van der Waals surface area contributed by atoms with E-state index < -0.39 is 0 Å². The summed E-state index contributed by atoms with van der Waals surface area (Å²) in [6, 6.07) is 14.7. The van der Waals surface area contributed by atoms with Crippen LogP contribution in [0.1, 0.15) is 61.0 Å². The van der Waals surface area contributed by atoms with Crippen LogP contribution in [0.3, 0.4) is 0 Å². The Kier molecular flexibility index (Phi) is 7.29. The molecule has 2 fully saturated rings. The number of benzene rings is 2. The predicted molar refractivity (Wildman–Crippen MR) is 165 cm³/mol. The topological polar surface area (TPSA) is 71.7 Å². The summed E-state index contributed by atoms with van der Waals surface area (Å²) >= 11 is 0. The van der Waals surface area contributed by atoms with Crippen molar-refractivity contribution >= 4 is 47.0 Å². The second-order valence-electron chi connectivity index (χ2n) is 13.4. The van der Waals surface area contributed by atoms with E-state index >= 15 is 0 Å². The first kappa shape index (κ1) is 29.0. The first-order valence-electron chi connectivity index (χ1n) is 14.1. The van der Waals surface area contributed by atoms with Crippen molar-refractivity contribution in [2.75, 3.05) is 14.1 Å². The maximum Gasteiger partial charge on any atom is 0.494 e. The summed E-state index contributed by atoms with van der Waals surface area (Å²) in [7, 11) is 3.57. The molecule has 2 saturated heterocycles. The normalized spacial score (nSPS) is 20.9. The van der Waals surface area contributed by atoms with Crippen LogP contribution in [0.2, 0.25) is 0 Å². The molecule has 0 spiro atoms. The Morgan fingerprint density at radius 1 is 0.650 bits per heavy atom. The van der Waals surface area contributed by atoms with Gasteiger partial charge in [0.2, 0.25) is 0 Å². The van der Waals surface area contributed by atoms with Crippen LogP contribution < -0.4 is 10.9 Å². The van der Waals surface area contributed by atoms with Crippen molar-refractivity contribution in [3.05, 3.63) is 60.4 Å². The van der Waals surface area contributed by atoms with E-state index in [-0.39, 0.29) is 36.6 Å². The Morgan fingerprint density at radius 3 is 1.68 bits per heavy atom. The van der Waals surface area contributed by atoms with Gasteiger partial charge in [0.1, 0.15) is 0 Å². The Bertz CT molecular complexity index is 1470. The predicted octanol–water partition coefficient (Wildman–Crippen LogP) is 5.00. The van der Waals surface area contributed by atoms with E-state index in [2.05, 4.69) is 133 Å². The minimum atomic E-state index is -0.309. The molecule has 2 aliphatic heterocycles. The van der Waals surface area contributed by atoms with Gasteiger partial charge in [-0.15, -0.1) is 0 Å². The van der Waals surface area contributed by atoms with Crippen LogP contribution in [-0.2, 0) is 25.2 Å². The fraction of sp³-hybridized carbons (Fsp3) is 0.484. The van der Waals surface area contributed by atoms with Gasteiger partial charge in [-0.1, -0.05) is 24.3 Å². The first-order chi connectivity index (χ1) is 18.6. The van der Waals surface area contributed by atoms with Gasteiger partial charge in [0.05, 0.1) is 22.4 Å². The highest BCUT2D eigenvalue weighted by molar-refractivity contribution is 6.62. The van der Waals surface area contributed by atoms with Crippen LogP contribution in [0.5, 0.6) is 0 Å². The number of rotatable bonds is 4. The lowest BCUT2D eigenvalue weighted by Crippen LogP contribution is -2.41. The lowest BCUT2D eigenvalue weighted by atomic mass is 9.78. The fourth-order valence-corrected chi connectivity index (χ4v) is 4.99. The third-order valence-corrected chi connectivity index (χ3v) is 8.91. The molecule has 40 heavy (non-hydrogen) atoms. The van der Waals surface area contributed by atoms with Crippen molar-refractivity contribution in [2.24, 2.45) is 0 Å². The van der Waals surface area contributed by atoms with Crippen LogP contribution in [-0.4, -0.2) is 65.6 Å². The van der Waals surface area contributed by atoms with E-state index in [1.54, 1.807) is 0 Å². The van der Waals surface area contributed by atoms with Crippen molar-refractivity contribution in [1.29, 1.82) is 0 Å². The highest BCUT2D eigenvalue weighted by Gasteiger charge is 2.52. The van der Waals surface area contributed by atoms with E-state index in [9.17, 15) is 0 Å². The molecular weight excluding hydrogens is 500 g/mol. The molecule has 2 N–H and O–H groups in total. The molecule has 0 atom stereocenters. The molecule has 2 aliphatic rings. The lowest BCUT2D eigenvalue weighted by molar-refractivity contribution is 0.00578. The quantitative estimate of drug-likeness (QED) is 0.355. The second kappa shape index (κ2) is 10.1. The monoisotopic (exact) mass is 543 g/mol. The lowest BCUT2D eigenvalue weighted by Gasteiger charge is -2.32. The molecule has 0 amide bonds. The molecule has 2 aromatic carbocycles. The van der Waals surface area contributed by atoms with Gasteiger partial charge in [-0.05, 0) is 110 Å². The zero-order valence-electron chi connectivity index (χ0n) is 25.6. The minimum Gasteiger partial charge on any atom is -0.399 e. The number of H-pyrrole nitrogens is 2. The maximum absolute atomic E-state index is 6.15. The molecule has 0 unspecified atom stereocenters. The zero-order chi connectivity index (χ0) is 29.1. The van der Waals surface area contributed by atoms with Gasteiger partial charge < -0.3 is 33.5 Å². The Morgan fingerprint density at radius 2 is 1.15 bits per heavy atom. The number of nitrogens with zero attached hydrogens (tertiary/aromatic N) is 1. The number of aromatic amines is 2. The van der Waals surface area contributed by atoms with Crippen LogP contribution in [0.15, 0.2) is 54.9 Å². The summed E-state index contributed by atoms with van der Waals surface area (Å²) in [4.78, 5) is 8.69. The van der Waals surface area contributed by atoms with Crippen LogP contribution in [0.25, 0.3) is 21.8 Å². The highest BCUT2D eigenvalue weighted by atomic mass is 16.7. The molecule has 0 saturated carbocycles. The molecule has 4 heterocycles. The summed E-state index contributed by atoms with van der Waals surface area (Å²) in [5.74, 6) is 0. The summed E-state index contributed by atoms with van der Waals surface area (Å²) < 4.78 is 24.4. The van der Waals surface area contributed by atoms with E-state index in [1.807, 2.05) is 6.20 Å². The molecular formula is C31H43B2N3O4. The van der Waals surface area contributed by atoms with E-state index in [1.165, 1.54) is 16.3 Å². The van der Waals surface area contributed by atoms with Crippen molar-refractivity contribution < 1.29 is 18.6 Å². The summed E-state index contributed by atoms with van der Waals surface area (Å²) in [5.41, 5.74) is 4.53. The maximum atomic E-state index is 6.15. The SMILES string of the molecule is CC1(C)OB(c2ccc3[nH]ccc3c2)OC1(C)C.CN(C)Cc1c[nH]c2ccc(B3OC(C)(C)C(C)(C)O3)cc12. The fourth-order valence-electron chi connectivity index (χ4n) is 4.99. The second-order valence-corrected chi connectivity index (χ2v) is 13.4. The molecule has 0 radical (unpaired) electrons. The molecule has 212 valence electrons. The first-order valence-corrected chi connectivity index (χ1v) is 14.1. The van der Waals surface area contributed by atoms with Crippen molar-refractivity contribution in [2.45, 2.75) is 84.3 Å². The van der Waals surface area contributed by atoms with E-state index in [0.717, 1.165) is 28.5 Å². The Hall–Kier alpha value is -2.55. The van der Waals surface area contributed by atoms with E-state index in [4.69, 9.17) is 18.6 Å². The third-order valence-electron chi connectivity index (χ3n) is 8.91. The average Bonchev–Trinajstić information content (AvgIpc) is 3.57. The number of hydrogen-bond acceptors (Lipinski definition) is 5. The number of hydrogen-bond donors (Lipinski definition) is 2. The molecule has 7 nitrogen and oxygen atoms in total. The summed E-state index contributed by atoms with van der Waals surface area (Å²) in [5, 5.41) is 2.42. The molecule has 0 bridgehead atoms. The Balaban J connectivity index is 0.000000164. The van der Waals surface area contributed by atoms with Crippen LogP contribution >= 0.6 is 0 Å². The number of nitrogens with one attached hydrogen (secondary N) is 2. The number of fused-ring (bicyclic) bond motifs is 2. The third kappa shape index (κ3) is 5.38. The van der Waals surface area contributed by atoms with Crippen LogP contribution in [0.4, 0.5) is 0 Å². The van der Waals surface area contributed by atoms with Crippen molar-refractivity contribution in [3.63, 3.8) is 0 Å². The smallest absolute Gasteiger partial charge is 0.399 e. The Labute approximate surface area is 239 Å². The van der Waals surface area contributed by atoms with Gasteiger partial charge in [-0.3, -0.25) is 0 Å². The average molecular weight is 543 g/mol. The summed E-state index contributed by atoms with van der Waals surface area (Å²) in [6.45, 7) is 17.5. The minimum absolute atomic E-state index is 0.283. The zero-order valence-corrected chi connectivity index (χ0v) is 25.6. The standard InChI is InChI=1S/C17H25BN2O2.C14H18BNO2/c1-16(2)17(3,4)22-18(21-16)13-7-8-15-14(9-13)12(10-19-15)11-20(5)6;1-13(2)14(3,4)18-15(17-13)11-5-6-12-10(9-11)7-8-16-12/h7-10,19H,11H2,1-6H3;5-9,16H,1-4H3. The van der Waals surface area contributed by atoms with Crippen molar-refractivity contribution in [3.8, 4) is 0 Å². The van der Waals surface area contributed by atoms with Crippen LogP contribution in [0, 0.1) is 0 Å². The molecule has 0 aliphatic carbocycles. The largest absolute Gasteiger partial charge is 0.494 e. The van der Waals surface area contributed by atoms with Gasteiger partial charge >= 0.3 is 14.2 Å². The van der Waals surface area contributed by atoms with Gasteiger partial charge in [0, 0.05) is 35.4 Å². The molecule has 9 heteroatoms. The summed E-state index contributed by atoms with van der Waals surface area (Å²) in [6.07, 6.45) is 4.03. The van der Waals surface area contributed by atoms with Gasteiger partial charge in [0.15, 0.2) is 0 Å². The molecule has 4 aromatic rings. The number of aromatic nitrogens is 2. The van der Waals surface area contributed by atoms with Gasteiger partial charge in [-0.2, -0.15) is 0 Å². The highest BCUT2D eigenvalue weighted by Crippen LogP contribution is 2.37. The molecule has 6 rings (SSSR count). The van der Waals surface area contributed by atoms with Gasteiger partial charge in [-0.25, -0.2) is 0 Å². The van der Waals surface area contributed by atoms with E-state index in [0.29, 0.717) is 0 Å². The van der Waals surface area contributed by atoms with Crippen molar-refractivity contribution in [1.82, 2.24) is 14.9 Å².